The normalized spacial score (nSPS) is 14.4. The predicted octanol–water partition coefficient (Wildman–Crippen LogP) is 3.31. The van der Waals surface area contributed by atoms with Gasteiger partial charge in [0.15, 0.2) is 0 Å². The zero-order chi connectivity index (χ0) is 18.3. The van der Waals surface area contributed by atoms with Gasteiger partial charge >= 0.3 is 5.97 Å². The molecule has 0 unspecified atom stereocenters. The number of imidazole rings is 1. The zero-order valence-electron chi connectivity index (χ0n) is 14.8. The molecule has 0 atom stereocenters. The van der Waals surface area contributed by atoms with Crippen molar-refractivity contribution in [2.75, 3.05) is 19.7 Å². The van der Waals surface area contributed by atoms with E-state index in [9.17, 15) is 9.18 Å². The van der Waals surface area contributed by atoms with Crippen LogP contribution in [0.25, 0.3) is 16.6 Å². The molecular weight excluding hydrogens is 333 g/mol. The Kier molecular flexibility index (Phi) is 4.20. The molecule has 1 aliphatic rings. The van der Waals surface area contributed by atoms with Gasteiger partial charge in [-0.15, -0.1) is 0 Å². The van der Waals surface area contributed by atoms with Crippen molar-refractivity contribution in [3.63, 3.8) is 0 Å². The smallest absolute Gasteiger partial charge is 0.338 e. The summed E-state index contributed by atoms with van der Waals surface area (Å²) in [7, 11) is 0. The predicted molar refractivity (Wildman–Crippen MR) is 96.9 cm³/mol. The number of ether oxygens (including phenoxy) is 1. The Labute approximate surface area is 150 Å². The molecule has 5 nitrogen and oxygen atoms in total. The van der Waals surface area contributed by atoms with E-state index < -0.39 is 11.8 Å². The van der Waals surface area contributed by atoms with Gasteiger partial charge < -0.3 is 14.5 Å². The molecule has 0 radical (unpaired) electrons. The first-order valence-corrected chi connectivity index (χ1v) is 8.74. The van der Waals surface area contributed by atoms with Gasteiger partial charge in [-0.1, -0.05) is 6.07 Å². The molecule has 134 valence electrons. The number of esters is 1. The molecule has 1 fully saturated rings. The third-order valence-corrected chi connectivity index (χ3v) is 4.87. The fourth-order valence-electron chi connectivity index (χ4n) is 3.33. The molecular formula is C20H20FN3O2. The van der Waals surface area contributed by atoms with Gasteiger partial charge in [0.25, 0.3) is 0 Å². The lowest BCUT2D eigenvalue weighted by atomic mass is 9.91. The molecule has 1 N–H and O–H groups in total. The summed E-state index contributed by atoms with van der Waals surface area (Å²) in [5.41, 5.74) is 3.81. The maximum Gasteiger partial charge on any atom is 0.338 e. The maximum absolute atomic E-state index is 13.8. The van der Waals surface area contributed by atoms with Crippen molar-refractivity contribution >= 4 is 11.5 Å². The van der Waals surface area contributed by atoms with Crippen LogP contribution >= 0.6 is 0 Å². The van der Waals surface area contributed by atoms with Crippen LogP contribution in [-0.2, 0) is 4.74 Å². The monoisotopic (exact) mass is 353 g/mol. The molecule has 4 rings (SSSR count). The Balaban J connectivity index is 1.95. The minimum Gasteiger partial charge on any atom is -0.462 e. The molecule has 0 spiro atoms. The number of halogens is 1. The molecule has 6 heteroatoms. The van der Waals surface area contributed by atoms with Crippen LogP contribution in [0, 0.1) is 12.7 Å². The third kappa shape index (κ3) is 2.76. The SMILES string of the molecule is CCOC(=O)c1cc(F)ccc1-c1cc(C2CNC2)cn2c(C)ncc12. The van der Waals surface area contributed by atoms with E-state index in [-0.39, 0.29) is 12.2 Å². The summed E-state index contributed by atoms with van der Waals surface area (Å²) in [6, 6.07) is 6.33. The molecule has 1 aliphatic heterocycles. The van der Waals surface area contributed by atoms with Gasteiger partial charge in [0.1, 0.15) is 11.6 Å². The second kappa shape index (κ2) is 6.53. The molecule has 3 aromatic rings. The zero-order valence-corrected chi connectivity index (χ0v) is 14.8. The first-order chi connectivity index (χ1) is 12.6. The van der Waals surface area contributed by atoms with Gasteiger partial charge in [0.2, 0.25) is 0 Å². The van der Waals surface area contributed by atoms with E-state index in [2.05, 4.69) is 22.6 Å². The van der Waals surface area contributed by atoms with Crippen molar-refractivity contribution in [1.82, 2.24) is 14.7 Å². The Morgan fingerprint density at radius 3 is 2.85 bits per heavy atom. The largest absolute Gasteiger partial charge is 0.462 e. The number of nitrogens with one attached hydrogen (secondary N) is 1. The average Bonchev–Trinajstić information content (AvgIpc) is 2.94. The van der Waals surface area contributed by atoms with E-state index >= 15 is 0 Å². The number of aromatic nitrogens is 2. The third-order valence-electron chi connectivity index (χ3n) is 4.87. The summed E-state index contributed by atoms with van der Waals surface area (Å²) < 4.78 is 21.0. The number of hydrogen-bond donors (Lipinski definition) is 1. The van der Waals surface area contributed by atoms with Crippen LogP contribution in [0.15, 0.2) is 36.7 Å². The lowest BCUT2D eigenvalue weighted by Crippen LogP contribution is -2.40. The minimum absolute atomic E-state index is 0.233. The van der Waals surface area contributed by atoms with Crippen molar-refractivity contribution < 1.29 is 13.9 Å². The summed E-state index contributed by atoms with van der Waals surface area (Å²) in [4.78, 5) is 16.8. The second-order valence-corrected chi connectivity index (χ2v) is 6.51. The summed E-state index contributed by atoms with van der Waals surface area (Å²) in [5, 5.41) is 3.28. The van der Waals surface area contributed by atoms with Gasteiger partial charge in [-0.3, -0.25) is 0 Å². The van der Waals surface area contributed by atoms with E-state index in [1.807, 2.05) is 11.3 Å². The summed E-state index contributed by atoms with van der Waals surface area (Å²) in [6.45, 7) is 5.76. The Bertz CT molecular complexity index is 992. The highest BCUT2D eigenvalue weighted by Gasteiger charge is 2.23. The molecule has 3 heterocycles. The maximum atomic E-state index is 13.8. The van der Waals surface area contributed by atoms with Crippen LogP contribution in [0.5, 0.6) is 0 Å². The van der Waals surface area contributed by atoms with Crippen molar-refractivity contribution in [2.24, 2.45) is 0 Å². The second-order valence-electron chi connectivity index (χ2n) is 6.51. The fourth-order valence-corrected chi connectivity index (χ4v) is 3.33. The van der Waals surface area contributed by atoms with E-state index in [4.69, 9.17) is 4.74 Å². The highest BCUT2D eigenvalue weighted by atomic mass is 19.1. The summed E-state index contributed by atoms with van der Waals surface area (Å²) >= 11 is 0. The van der Waals surface area contributed by atoms with Crippen LogP contribution in [0.4, 0.5) is 4.39 Å². The molecule has 0 aliphatic carbocycles. The fraction of sp³-hybridized carbons (Fsp3) is 0.300. The highest BCUT2D eigenvalue weighted by molar-refractivity contribution is 5.99. The van der Waals surface area contributed by atoms with Gasteiger partial charge in [0, 0.05) is 30.8 Å². The Morgan fingerprint density at radius 1 is 1.35 bits per heavy atom. The summed E-state index contributed by atoms with van der Waals surface area (Å²) in [5.74, 6) is 0.311. The molecule has 1 aromatic carbocycles. The Hall–Kier alpha value is -2.73. The van der Waals surface area contributed by atoms with Gasteiger partial charge in [-0.25, -0.2) is 14.2 Å². The molecule has 0 bridgehead atoms. The van der Waals surface area contributed by atoms with Gasteiger partial charge in [-0.05, 0) is 43.2 Å². The molecule has 26 heavy (non-hydrogen) atoms. The first kappa shape index (κ1) is 16.7. The van der Waals surface area contributed by atoms with E-state index in [1.54, 1.807) is 19.2 Å². The highest BCUT2D eigenvalue weighted by Crippen LogP contribution is 2.33. The number of fused-ring (bicyclic) bond motifs is 1. The average molecular weight is 353 g/mol. The quantitative estimate of drug-likeness (QED) is 0.731. The molecule has 0 amide bonds. The van der Waals surface area contributed by atoms with Crippen LogP contribution in [-0.4, -0.2) is 35.1 Å². The molecule has 2 aromatic heterocycles. The molecule has 0 saturated carbocycles. The van der Waals surface area contributed by atoms with Crippen LogP contribution in [0.1, 0.15) is 34.6 Å². The van der Waals surface area contributed by atoms with Crippen LogP contribution < -0.4 is 5.32 Å². The lowest BCUT2D eigenvalue weighted by molar-refractivity contribution is 0.0526. The van der Waals surface area contributed by atoms with E-state index in [1.165, 1.54) is 17.7 Å². The van der Waals surface area contributed by atoms with Crippen molar-refractivity contribution in [3.05, 3.63) is 59.4 Å². The van der Waals surface area contributed by atoms with E-state index in [0.717, 1.165) is 30.0 Å². The van der Waals surface area contributed by atoms with Crippen molar-refractivity contribution in [1.29, 1.82) is 0 Å². The summed E-state index contributed by atoms with van der Waals surface area (Å²) in [6.07, 6.45) is 3.88. The molecule has 1 saturated heterocycles. The number of pyridine rings is 1. The van der Waals surface area contributed by atoms with Crippen molar-refractivity contribution in [3.8, 4) is 11.1 Å². The lowest BCUT2D eigenvalue weighted by Gasteiger charge is -2.28. The minimum atomic E-state index is -0.521. The van der Waals surface area contributed by atoms with Crippen molar-refractivity contribution in [2.45, 2.75) is 19.8 Å². The topological polar surface area (TPSA) is 55.6 Å². The first-order valence-electron chi connectivity index (χ1n) is 8.74. The van der Waals surface area contributed by atoms with Gasteiger partial charge in [0.05, 0.1) is 23.9 Å². The van der Waals surface area contributed by atoms with E-state index in [0.29, 0.717) is 11.5 Å². The number of nitrogens with zero attached hydrogens (tertiary/aromatic N) is 2. The Morgan fingerprint density at radius 2 is 2.15 bits per heavy atom. The number of carbonyl (C=O) groups is 1. The number of hydrogen-bond acceptors (Lipinski definition) is 4. The number of aryl methyl sites for hydroxylation is 1. The standard InChI is InChI=1S/C20H20FN3O2/c1-3-26-20(25)18-7-15(21)4-5-16(18)17-6-13(14-8-22-9-14)11-24-12(2)23-10-19(17)24/h4-7,10-11,14,22H,3,8-9H2,1-2H3. The van der Waals surface area contributed by atoms with Crippen LogP contribution in [0.3, 0.4) is 0 Å². The number of rotatable bonds is 4. The number of benzene rings is 1. The number of carbonyl (C=O) groups excluding carboxylic acids is 1. The van der Waals surface area contributed by atoms with Gasteiger partial charge in [-0.2, -0.15) is 0 Å². The van der Waals surface area contributed by atoms with Crippen LogP contribution in [0.2, 0.25) is 0 Å².